The van der Waals surface area contributed by atoms with E-state index < -0.39 is 16.0 Å². The zero-order chi connectivity index (χ0) is 28.3. The maximum Gasteiger partial charge on any atom is 0.339 e. The Hall–Kier alpha value is -4.28. The lowest BCUT2D eigenvalue weighted by Crippen LogP contribution is -2.27. The van der Waals surface area contributed by atoms with Crippen molar-refractivity contribution in [1.82, 2.24) is 4.90 Å². The number of hydrogen-bond donors (Lipinski definition) is 0. The van der Waals surface area contributed by atoms with Crippen LogP contribution in [-0.2, 0) is 21.5 Å². The Bertz CT molecular complexity index is 1730. The van der Waals surface area contributed by atoms with E-state index >= 15 is 0 Å². The Balaban J connectivity index is 1.36. The second-order valence-corrected chi connectivity index (χ2v) is 11.3. The molecule has 1 saturated heterocycles. The van der Waals surface area contributed by atoms with Crippen molar-refractivity contribution in [3.8, 4) is 17.2 Å². The molecule has 0 aromatic heterocycles. The second-order valence-electron chi connectivity index (χ2n) is 8.80. The summed E-state index contributed by atoms with van der Waals surface area (Å²) in [6.07, 6.45) is 1.58. The number of thioether (sulfide) groups is 1. The zero-order valence-electron chi connectivity index (χ0n) is 21.7. The van der Waals surface area contributed by atoms with E-state index in [4.69, 9.17) is 13.7 Å². The smallest absolute Gasteiger partial charge is 0.339 e. The number of fused-ring (bicyclic) bond motifs is 1. The lowest BCUT2D eigenvalue weighted by Gasteiger charge is -2.13. The summed E-state index contributed by atoms with van der Waals surface area (Å²) in [4.78, 5) is 27.3. The molecule has 5 rings (SSSR count). The van der Waals surface area contributed by atoms with E-state index in [2.05, 4.69) is 0 Å². The molecular weight excluding hydrogens is 550 g/mol. The first-order valence-corrected chi connectivity index (χ1v) is 14.6. The maximum absolute atomic E-state index is 13.1. The summed E-state index contributed by atoms with van der Waals surface area (Å²) in [5.41, 5.74) is 1.40. The van der Waals surface area contributed by atoms with Crippen molar-refractivity contribution in [1.29, 1.82) is 0 Å². The van der Waals surface area contributed by atoms with Crippen molar-refractivity contribution in [3.63, 3.8) is 0 Å². The van der Waals surface area contributed by atoms with Gasteiger partial charge in [0.15, 0.2) is 11.5 Å². The Morgan fingerprint density at radius 2 is 1.62 bits per heavy atom. The Morgan fingerprint density at radius 1 is 0.875 bits per heavy atom. The number of hydrogen-bond acceptors (Lipinski definition) is 8. The molecule has 1 fully saturated rings. The molecule has 2 amide bonds. The van der Waals surface area contributed by atoms with E-state index in [1.165, 1.54) is 42.3 Å². The van der Waals surface area contributed by atoms with Gasteiger partial charge in [-0.05, 0) is 89.1 Å². The lowest BCUT2D eigenvalue weighted by molar-refractivity contribution is -0.123. The fourth-order valence-electron chi connectivity index (χ4n) is 4.17. The maximum atomic E-state index is 13.1. The molecule has 0 saturated carbocycles. The quantitative estimate of drug-likeness (QED) is 0.171. The largest absolute Gasteiger partial charge is 0.497 e. The van der Waals surface area contributed by atoms with Crippen molar-refractivity contribution in [3.05, 3.63) is 101 Å². The monoisotopic (exact) mass is 575 g/mol. The highest BCUT2D eigenvalue weighted by atomic mass is 32.2. The third-order valence-corrected chi connectivity index (χ3v) is 8.30. The number of ether oxygens (including phenoxy) is 2. The Morgan fingerprint density at radius 3 is 2.35 bits per heavy atom. The summed E-state index contributed by atoms with van der Waals surface area (Å²) < 4.78 is 41.8. The number of imide groups is 1. The molecule has 0 radical (unpaired) electrons. The SMILES string of the molecule is CCOc1cc(/C=C2\SC(=O)N(Cc3ccc4ccccc4c3)C2=O)ccc1OS(=O)(=O)c1ccc(OC)cc1. The molecule has 1 aliphatic heterocycles. The molecule has 0 unspecified atom stereocenters. The molecule has 40 heavy (non-hydrogen) atoms. The highest BCUT2D eigenvalue weighted by Gasteiger charge is 2.35. The topological polar surface area (TPSA) is 99.2 Å². The number of nitrogens with zero attached hydrogens (tertiary/aromatic N) is 1. The fourth-order valence-corrected chi connectivity index (χ4v) is 5.95. The van der Waals surface area contributed by atoms with Crippen LogP contribution in [0.25, 0.3) is 16.8 Å². The van der Waals surface area contributed by atoms with Crippen LogP contribution in [0.5, 0.6) is 17.2 Å². The van der Waals surface area contributed by atoms with Gasteiger partial charge in [0, 0.05) is 0 Å². The predicted octanol–water partition coefficient (Wildman–Crippen LogP) is 6.25. The summed E-state index contributed by atoms with van der Waals surface area (Å²) in [6.45, 7) is 2.17. The summed E-state index contributed by atoms with van der Waals surface area (Å²) in [6, 6.07) is 24.2. The van der Waals surface area contributed by atoms with E-state index in [0.29, 0.717) is 11.3 Å². The van der Waals surface area contributed by atoms with Gasteiger partial charge in [-0.2, -0.15) is 8.42 Å². The van der Waals surface area contributed by atoms with E-state index in [1.54, 1.807) is 25.1 Å². The van der Waals surface area contributed by atoms with Gasteiger partial charge >= 0.3 is 10.1 Å². The van der Waals surface area contributed by atoms with Crippen molar-refractivity contribution < 1.29 is 31.7 Å². The van der Waals surface area contributed by atoms with Crippen LogP contribution < -0.4 is 13.7 Å². The minimum atomic E-state index is -4.14. The first-order valence-electron chi connectivity index (χ1n) is 12.4. The molecular formula is C30H25NO7S2. The third-order valence-electron chi connectivity index (χ3n) is 6.14. The van der Waals surface area contributed by atoms with E-state index in [-0.39, 0.29) is 39.7 Å². The van der Waals surface area contributed by atoms with Gasteiger partial charge < -0.3 is 13.7 Å². The third kappa shape index (κ3) is 5.83. The molecule has 0 aliphatic carbocycles. The summed E-state index contributed by atoms with van der Waals surface area (Å²) in [5, 5.41) is 1.75. The second kappa shape index (κ2) is 11.4. The highest BCUT2D eigenvalue weighted by molar-refractivity contribution is 8.18. The molecule has 0 N–H and O–H groups in total. The minimum Gasteiger partial charge on any atom is -0.497 e. The number of rotatable bonds is 9. The molecule has 0 atom stereocenters. The summed E-state index contributed by atoms with van der Waals surface area (Å²) >= 11 is 0.854. The van der Waals surface area contributed by atoms with Crippen molar-refractivity contribution >= 4 is 49.9 Å². The van der Waals surface area contributed by atoms with E-state index in [9.17, 15) is 18.0 Å². The number of amides is 2. The summed E-state index contributed by atoms with van der Waals surface area (Å²) in [7, 11) is -2.65. The number of benzene rings is 4. The Labute approximate surface area is 236 Å². The molecule has 204 valence electrons. The van der Waals surface area contributed by atoms with Crippen LogP contribution in [0, 0.1) is 0 Å². The van der Waals surface area contributed by atoms with Crippen LogP contribution in [0.4, 0.5) is 4.79 Å². The minimum absolute atomic E-state index is 0.000716. The molecule has 8 nitrogen and oxygen atoms in total. The number of carbonyl (C=O) groups is 2. The molecule has 4 aromatic carbocycles. The normalized spacial score (nSPS) is 14.7. The van der Waals surface area contributed by atoms with Crippen LogP contribution >= 0.6 is 11.8 Å². The lowest BCUT2D eigenvalue weighted by atomic mass is 10.1. The molecule has 0 bridgehead atoms. The van der Waals surface area contributed by atoms with Gasteiger partial charge in [0.1, 0.15) is 10.6 Å². The van der Waals surface area contributed by atoms with Crippen LogP contribution in [0.2, 0.25) is 0 Å². The van der Waals surface area contributed by atoms with Crippen LogP contribution in [0.1, 0.15) is 18.1 Å². The highest BCUT2D eigenvalue weighted by Crippen LogP contribution is 2.36. The zero-order valence-corrected chi connectivity index (χ0v) is 23.3. The van der Waals surface area contributed by atoms with Gasteiger partial charge in [-0.3, -0.25) is 14.5 Å². The molecule has 10 heteroatoms. The van der Waals surface area contributed by atoms with Crippen molar-refractivity contribution in [2.75, 3.05) is 13.7 Å². The average molecular weight is 576 g/mol. The van der Waals surface area contributed by atoms with Gasteiger partial charge in [-0.25, -0.2) is 0 Å². The fraction of sp³-hybridized carbons (Fsp3) is 0.133. The molecule has 1 heterocycles. The molecule has 0 spiro atoms. The van der Waals surface area contributed by atoms with Gasteiger partial charge in [0.05, 0.1) is 25.2 Å². The summed E-state index contributed by atoms with van der Waals surface area (Å²) in [5.74, 6) is 0.298. The van der Waals surface area contributed by atoms with Crippen LogP contribution in [0.3, 0.4) is 0 Å². The molecule has 1 aliphatic rings. The predicted molar refractivity (Wildman–Crippen MR) is 154 cm³/mol. The average Bonchev–Trinajstić information content (AvgIpc) is 3.21. The van der Waals surface area contributed by atoms with Crippen LogP contribution in [-0.4, -0.2) is 38.2 Å². The van der Waals surface area contributed by atoms with E-state index in [0.717, 1.165) is 28.1 Å². The van der Waals surface area contributed by atoms with E-state index in [1.807, 2.05) is 42.5 Å². The van der Waals surface area contributed by atoms with Gasteiger partial charge in [0.2, 0.25) is 0 Å². The molecule has 4 aromatic rings. The van der Waals surface area contributed by atoms with Gasteiger partial charge in [-0.1, -0.05) is 42.5 Å². The van der Waals surface area contributed by atoms with Crippen molar-refractivity contribution in [2.24, 2.45) is 0 Å². The van der Waals surface area contributed by atoms with Gasteiger partial charge in [-0.15, -0.1) is 0 Å². The number of methoxy groups -OCH3 is 1. The first kappa shape index (κ1) is 27.3. The number of carbonyl (C=O) groups excluding carboxylic acids is 2. The Kier molecular flexibility index (Phi) is 7.81. The van der Waals surface area contributed by atoms with Crippen molar-refractivity contribution in [2.45, 2.75) is 18.4 Å². The standard InChI is InChI=1S/C30H25NO7S2/c1-3-37-27-17-20(9-15-26(27)38-40(34,35)25-13-11-24(36-2)12-14-25)18-28-29(32)31(30(33)39-28)19-21-8-10-22-6-4-5-7-23(22)16-21/h4-18H,3,19H2,1-2H3/b28-18-. The van der Waals surface area contributed by atoms with Gasteiger partial charge in [0.25, 0.3) is 11.1 Å². The van der Waals surface area contributed by atoms with Crippen LogP contribution in [0.15, 0.2) is 94.7 Å². The first-order chi connectivity index (χ1) is 19.3.